The van der Waals surface area contributed by atoms with E-state index in [4.69, 9.17) is 9.47 Å². The lowest BCUT2D eigenvalue weighted by Gasteiger charge is -2.19. The van der Waals surface area contributed by atoms with Crippen molar-refractivity contribution in [2.24, 2.45) is 0 Å². The third-order valence-corrected chi connectivity index (χ3v) is 4.37. The number of nitrogens with one attached hydrogen (secondary N) is 1. The van der Waals surface area contributed by atoms with E-state index in [0.29, 0.717) is 17.1 Å². The zero-order valence-electron chi connectivity index (χ0n) is 16.1. The quantitative estimate of drug-likeness (QED) is 0.732. The van der Waals surface area contributed by atoms with E-state index in [0.717, 1.165) is 18.4 Å². The number of carbonyl (C=O) groups excluding carboxylic acids is 1. The molecule has 2 aromatic rings. The Kier molecular flexibility index (Phi) is 7.31. The highest BCUT2D eigenvalue weighted by Gasteiger charge is 2.39. The molecule has 0 aliphatic carbocycles. The molecule has 0 fully saturated rings. The van der Waals surface area contributed by atoms with Crippen molar-refractivity contribution in [1.82, 2.24) is 5.32 Å². The lowest BCUT2D eigenvalue weighted by Crippen LogP contribution is -2.42. The Hall–Kier alpha value is -2.70. The van der Waals surface area contributed by atoms with Gasteiger partial charge in [0.1, 0.15) is 11.5 Å². The molecule has 2 aromatic carbocycles. The number of alkyl halides is 3. The minimum absolute atomic E-state index is 0.181. The number of benzene rings is 2. The van der Waals surface area contributed by atoms with Crippen LogP contribution in [0.4, 0.5) is 13.2 Å². The summed E-state index contributed by atoms with van der Waals surface area (Å²) in [6, 6.07) is 12.9. The van der Waals surface area contributed by atoms with Crippen molar-refractivity contribution in [3.63, 3.8) is 0 Å². The average Bonchev–Trinajstić information content (AvgIpc) is 2.66. The minimum atomic E-state index is -4.91. The molecule has 0 saturated carbocycles. The predicted octanol–water partition coefficient (Wildman–Crippen LogP) is 4.10. The molecule has 0 bridgehead atoms. The van der Waals surface area contributed by atoms with Crippen molar-refractivity contribution in [3.05, 3.63) is 59.2 Å². The Morgan fingerprint density at radius 3 is 2.14 bits per heavy atom. The number of rotatable bonds is 8. The highest BCUT2D eigenvalue weighted by molar-refractivity contribution is 5.81. The van der Waals surface area contributed by atoms with Crippen LogP contribution in [0.25, 0.3) is 0 Å². The molecule has 1 unspecified atom stereocenters. The number of halogens is 3. The van der Waals surface area contributed by atoms with E-state index in [9.17, 15) is 18.0 Å². The molecule has 7 heteroatoms. The summed E-state index contributed by atoms with van der Waals surface area (Å²) in [7, 11) is 3.05. The maximum Gasteiger partial charge on any atom is 0.471 e. The molecule has 0 saturated heterocycles. The minimum Gasteiger partial charge on any atom is -0.496 e. The molecule has 0 radical (unpaired) electrons. The second-order valence-electron chi connectivity index (χ2n) is 6.54. The van der Waals surface area contributed by atoms with Gasteiger partial charge < -0.3 is 14.8 Å². The summed E-state index contributed by atoms with van der Waals surface area (Å²) in [4.78, 5) is 11.1. The van der Waals surface area contributed by atoms with Crippen molar-refractivity contribution in [3.8, 4) is 11.5 Å². The van der Waals surface area contributed by atoms with E-state index >= 15 is 0 Å². The van der Waals surface area contributed by atoms with Gasteiger partial charge in [-0.3, -0.25) is 4.79 Å². The van der Waals surface area contributed by atoms with Gasteiger partial charge in [0.15, 0.2) is 0 Å². The van der Waals surface area contributed by atoms with Crippen LogP contribution in [0, 0.1) is 0 Å². The topological polar surface area (TPSA) is 47.6 Å². The molecule has 0 heterocycles. The normalized spacial score (nSPS) is 12.4. The zero-order chi connectivity index (χ0) is 20.7. The van der Waals surface area contributed by atoms with Gasteiger partial charge in [0.2, 0.25) is 0 Å². The highest BCUT2D eigenvalue weighted by Crippen LogP contribution is 2.31. The summed E-state index contributed by atoms with van der Waals surface area (Å²) < 4.78 is 48.2. The van der Waals surface area contributed by atoms with Gasteiger partial charge in [0.25, 0.3) is 0 Å². The van der Waals surface area contributed by atoms with Crippen LogP contribution in [-0.4, -0.2) is 32.3 Å². The molecule has 0 spiro atoms. The molecule has 1 amide bonds. The summed E-state index contributed by atoms with van der Waals surface area (Å²) in [6.45, 7) is 1.51. The van der Waals surface area contributed by atoms with Crippen LogP contribution >= 0.6 is 0 Å². The van der Waals surface area contributed by atoms with Gasteiger partial charge in [0, 0.05) is 6.04 Å². The Balaban J connectivity index is 2.16. The molecule has 1 N–H and O–H groups in total. The van der Waals surface area contributed by atoms with Crippen LogP contribution in [0.2, 0.25) is 0 Å². The zero-order valence-corrected chi connectivity index (χ0v) is 16.1. The van der Waals surface area contributed by atoms with Crippen molar-refractivity contribution < 1.29 is 27.4 Å². The molecule has 4 nitrogen and oxygen atoms in total. The maximum atomic E-state index is 12.4. The van der Waals surface area contributed by atoms with E-state index < -0.39 is 18.1 Å². The monoisotopic (exact) mass is 395 g/mol. The Morgan fingerprint density at radius 2 is 1.57 bits per heavy atom. The summed E-state index contributed by atoms with van der Waals surface area (Å²) >= 11 is 0. The van der Waals surface area contributed by atoms with E-state index in [-0.39, 0.29) is 6.42 Å². The van der Waals surface area contributed by atoms with Crippen LogP contribution in [-0.2, 0) is 24.1 Å². The summed E-state index contributed by atoms with van der Waals surface area (Å²) in [6.07, 6.45) is -3.18. The number of ether oxygens (including phenoxy) is 2. The van der Waals surface area contributed by atoms with Crippen LogP contribution in [0.1, 0.15) is 23.6 Å². The molecule has 152 valence electrons. The Morgan fingerprint density at radius 1 is 1.00 bits per heavy atom. The molecule has 28 heavy (non-hydrogen) atoms. The first-order chi connectivity index (χ1) is 13.2. The summed E-state index contributed by atoms with van der Waals surface area (Å²) in [5, 5.41) is 1.96. The first-order valence-electron chi connectivity index (χ1n) is 8.90. The molecule has 0 aromatic heterocycles. The van der Waals surface area contributed by atoms with E-state index in [1.165, 1.54) is 19.6 Å². The first-order valence-corrected chi connectivity index (χ1v) is 8.90. The van der Waals surface area contributed by atoms with Crippen molar-refractivity contribution in [2.75, 3.05) is 14.2 Å². The fourth-order valence-electron chi connectivity index (χ4n) is 2.99. The second kappa shape index (κ2) is 9.48. The Bertz CT molecular complexity index is 791. The van der Waals surface area contributed by atoms with E-state index in [1.54, 1.807) is 13.2 Å². The largest absolute Gasteiger partial charge is 0.496 e. The van der Waals surface area contributed by atoms with Gasteiger partial charge in [-0.1, -0.05) is 30.3 Å². The van der Waals surface area contributed by atoms with Crippen molar-refractivity contribution in [2.45, 2.75) is 38.4 Å². The van der Waals surface area contributed by atoms with E-state index in [1.807, 2.05) is 41.7 Å². The van der Waals surface area contributed by atoms with Gasteiger partial charge in [-0.25, -0.2) is 0 Å². The number of carbonyl (C=O) groups is 1. The number of aryl methyl sites for hydroxylation is 2. The van der Waals surface area contributed by atoms with Gasteiger partial charge in [-0.2, -0.15) is 13.2 Å². The fourth-order valence-corrected chi connectivity index (χ4v) is 2.99. The standard InChI is InChI=1S/C21H24F3NO3/c1-14(25-20(26)21(22,23)24)11-17-13-18(27-2)16(12-19(17)28-3)10-9-15-7-5-4-6-8-15/h4-8,12-14H,9-11H2,1-3H3,(H,25,26). The molecule has 1 atom stereocenters. The third-order valence-electron chi connectivity index (χ3n) is 4.37. The average molecular weight is 395 g/mol. The lowest BCUT2D eigenvalue weighted by atomic mass is 9.98. The molecular weight excluding hydrogens is 371 g/mol. The number of methoxy groups -OCH3 is 2. The molecule has 0 aliphatic heterocycles. The molecule has 0 aliphatic rings. The van der Waals surface area contributed by atoms with Gasteiger partial charge >= 0.3 is 12.1 Å². The van der Waals surface area contributed by atoms with Gasteiger partial charge in [0.05, 0.1) is 14.2 Å². The van der Waals surface area contributed by atoms with Crippen LogP contribution in [0.15, 0.2) is 42.5 Å². The van der Waals surface area contributed by atoms with Gasteiger partial charge in [-0.05, 0) is 55.0 Å². The Labute approximate surface area is 162 Å². The summed E-state index contributed by atoms with van der Waals surface area (Å²) in [5.74, 6) is -0.761. The first kappa shape index (κ1) is 21.6. The molecular formula is C21H24F3NO3. The van der Waals surface area contributed by atoms with E-state index in [2.05, 4.69) is 0 Å². The number of hydrogen-bond acceptors (Lipinski definition) is 3. The SMILES string of the molecule is COc1cc(CC(C)NC(=O)C(F)(F)F)c(OC)cc1CCc1ccccc1. The summed E-state index contributed by atoms with van der Waals surface area (Å²) in [5.41, 5.74) is 2.80. The predicted molar refractivity (Wildman–Crippen MR) is 101 cm³/mol. The smallest absolute Gasteiger partial charge is 0.471 e. The molecule has 2 rings (SSSR count). The van der Waals surface area contributed by atoms with Crippen molar-refractivity contribution >= 4 is 5.91 Å². The second-order valence-corrected chi connectivity index (χ2v) is 6.54. The highest BCUT2D eigenvalue weighted by atomic mass is 19.4. The fraction of sp³-hybridized carbons (Fsp3) is 0.381. The van der Waals surface area contributed by atoms with Gasteiger partial charge in [-0.15, -0.1) is 0 Å². The van der Waals surface area contributed by atoms with Crippen molar-refractivity contribution in [1.29, 1.82) is 0 Å². The third kappa shape index (κ3) is 5.90. The lowest BCUT2D eigenvalue weighted by molar-refractivity contribution is -0.174. The number of hydrogen-bond donors (Lipinski definition) is 1. The van der Waals surface area contributed by atoms with Crippen LogP contribution < -0.4 is 14.8 Å². The number of amides is 1. The van der Waals surface area contributed by atoms with Crippen LogP contribution in [0.5, 0.6) is 11.5 Å². The van der Waals surface area contributed by atoms with Crippen LogP contribution in [0.3, 0.4) is 0 Å². The maximum absolute atomic E-state index is 12.4.